The number of ether oxygens (including phenoxy) is 1. The van der Waals surface area contributed by atoms with Crippen molar-refractivity contribution in [3.63, 3.8) is 0 Å². The maximum absolute atomic E-state index is 11.3. The van der Waals surface area contributed by atoms with Crippen LogP contribution < -0.4 is 5.32 Å². The largest absolute Gasteiger partial charge is 0.467 e. The van der Waals surface area contributed by atoms with Crippen molar-refractivity contribution >= 4 is 18.0 Å². The first kappa shape index (κ1) is 13.0. The minimum absolute atomic E-state index is 0.200. The topological polar surface area (TPSA) is 88.8 Å². The van der Waals surface area contributed by atoms with Crippen molar-refractivity contribution in [2.45, 2.75) is 6.10 Å². The van der Waals surface area contributed by atoms with E-state index in [0.29, 0.717) is 5.76 Å². The molecular weight excluding hydrogens is 226 g/mol. The number of amides is 1. The number of hydrogen-bond donors (Lipinski definition) is 2. The van der Waals surface area contributed by atoms with Gasteiger partial charge in [0.15, 0.2) is 6.10 Å². The molecule has 1 atom stereocenters. The summed E-state index contributed by atoms with van der Waals surface area (Å²) in [6, 6.07) is 3.38. The van der Waals surface area contributed by atoms with E-state index < -0.39 is 18.0 Å². The molecule has 0 aliphatic heterocycles. The first-order valence-corrected chi connectivity index (χ1v) is 4.89. The number of furan rings is 1. The van der Waals surface area contributed by atoms with Crippen LogP contribution in [-0.2, 0) is 14.3 Å². The lowest BCUT2D eigenvalue weighted by molar-refractivity contribution is -0.150. The number of aliphatic hydroxyl groups is 1. The van der Waals surface area contributed by atoms with Crippen molar-refractivity contribution in [2.75, 3.05) is 13.7 Å². The van der Waals surface area contributed by atoms with Crippen LogP contribution in [0.25, 0.3) is 6.08 Å². The molecule has 0 aliphatic rings. The molecule has 1 unspecified atom stereocenters. The zero-order chi connectivity index (χ0) is 12.7. The number of nitrogens with one attached hydrogen (secondary N) is 1. The number of rotatable bonds is 5. The van der Waals surface area contributed by atoms with Crippen LogP contribution >= 0.6 is 0 Å². The van der Waals surface area contributed by atoms with E-state index in [1.807, 2.05) is 0 Å². The third-order valence-corrected chi connectivity index (χ3v) is 1.89. The van der Waals surface area contributed by atoms with Gasteiger partial charge in [-0.1, -0.05) is 0 Å². The van der Waals surface area contributed by atoms with Gasteiger partial charge >= 0.3 is 5.97 Å². The standard InChI is InChI=1S/C11H13NO5/c1-16-11(15)9(13)7-12-10(14)5-4-8-3-2-6-17-8/h2-6,9,13H,7H2,1H3,(H,12,14)/b5-4+. The quantitative estimate of drug-likeness (QED) is 0.555. The molecule has 0 aliphatic carbocycles. The Bertz CT molecular complexity index is 396. The second-order valence-corrected chi connectivity index (χ2v) is 3.13. The molecular formula is C11H13NO5. The maximum Gasteiger partial charge on any atom is 0.336 e. The molecule has 0 radical (unpaired) electrons. The summed E-state index contributed by atoms with van der Waals surface area (Å²) in [5.74, 6) is -0.696. The summed E-state index contributed by atoms with van der Waals surface area (Å²) in [7, 11) is 1.16. The summed E-state index contributed by atoms with van der Waals surface area (Å²) in [5.41, 5.74) is 0. The maximum atomic E-state index is 11.3. The van der Waals surface area contributed by atoms with Gasteiger partial charge in [-0.2, -0.15) is 0 Å². The fourth-order valence-electron chi connectivity index (χ4n) is 1.02. The lowest BCUT2D eigenvalue weighted by Crippen LogP contribution is -2.36. The van der Waals surface area contributed by atoms with Crippen LogP contribution in [0.2, 0.25) is 0 Å². The van der Waals surface area contributed by atoms with Crippen LogP contribution in [0.4, 0.5) is 0 Å². The third-order valence-electron chi connectivity index (χ3n) is 1.89. The van der Waals surface area contributed by atoms with Crippen LogP contribution in [0.1, 0.15) is 5.76 Å². The highest BCUT2D eigenvalue weighted by molar-refractivity contribution is 5.91. The Balaban J connectivity index is 2.33. The van der Waals surface area contributed by atoms with Crippen molar-refractivity contribution in [3.8, 4) is 0 Å². The van der Waals surface area contributed by atoms with E-state index >= 15 is 0 Å². The van der Waals surface area contributed by atoms with E-state index in [2.05, 4.69) is 10.1 Å². The Morgan fingerprint density at radius 1 is 1.65 bits per heavy atom. The second-order valence-electron chi connectivity index (χ2n) is 3.13. The van der Waals surface area contributed by atoms with E-state index in [-0.39, 0.29) is 6.54 Å². The molecule has 17 heavy (non-hydrogen) atoms. The SMILES string of the molecule is COC(=O)C(O)CNC(=O)/C=C/c1ccco1. The lowest BCUT2D eigenvalue weighted by Gasteiger charge is -2.07. The summed E-state index contributed by atoms with van der Waals surface area (Å²) in [6.07, 6.45) is 2.84. The van der Waals surface area contributed by atoms with Gasteiger partial charge in [-0.15, -0.1) is 0 Å². The Labute approximate surface area is 97.9 Å². The summed E-state index contributed by atoms with van der Waals surface area (Å²) >= 11 is 0. The fraction of sp³-hybridized carbons (Fsp3) is 0.273. The van der Waals surface area contributed by atoms with Crippen molar-refractivity contribution in [3.05, 3.63) is 30.2 Å². The molecule has 0 spiro atoms. The third kappa shape index (κ3) is 4.52. The van der Waals surface area contributed by atoms with Gasteiger partial charge in [0, 0.05) is 6.08 Å². The normalized spacial score (nSPS) is 12.4. The molecule has 92 valence electrons. The highest BCUT2D eigenvalue weighted by Crippen LogP contribution is 2.01. The molecule has 0 saturated carbocycles. The van der Waals surface area contributed by atoms with Crippen LogP contribution in [0, 0.1) is 0 Å². The van der Waals surface area contributed by atoms with Gasteiger partial charge in [-0.25, -0.2) is 4.79 Å². The summed E-state index contributed by atoms with van der Waals surface area (Å²) in [5, 5.41) is 11.5. The number of carbonyl (C=O) groups is 2. The number of esters is 1. The zero-order valence-electron chi connectivity index (χ0n) is 9.25. The number of carbonyl (C=O) groups excluding carboxylic acids is 2. The molecule has 0 saturated heterocycles. The highest BCUT2D eigenvalue weighted by Gasteiger charge is 2.15. The Hall–Kier alpha value is -2.08. The van der Waals surface area contributed by atoms with Gasteiger partial charge in [0.05, 0.1) is 19.9 Å². The molecule has 1 aromatic heterocycles. The average molecular weight is 239 g/mol. The number of aliphatic hydroxyl groups excluding tert-OH is 1. The van der Waals surface area contributed by atoms with Crippen LogP contribution in [0.5, 0.6) is 0 Å². The average Bonchev–Trinajstić information content (AvgIpc) is 2.85. The Kier molecular flexibility index (Phi) is 4.96. The molecule has 1 heterocycles. The van der Waals surface area contributed by atoms with Gasteiger partial charge in [0.1, 0.15) is 5.76 Å². The molecule has 1 rings (SSSR count). The predicted molar refractivity (Wildman–Crippen MR) is 58.8 cm³/mol. The van der Waals surface area contributed by atoms with Gasteiger partial charge in [0.2, 0.25) is 5.91 Å². The van der Waals surface area contributed by atoms with E-state index in [1.54, 1.807) is 12.1 Å². The molecule has 0 fully saturated rings. The summed E-state index contributed by atoms with van der Waals surface area (Å²) in [6.45, 7) is -0.200. The van der Waals surface area contributed by atoms with Gasteiger partial charge < -0.3 is 19.6 Å². The minimum Gasteiger partial charge on any atom is -0.467 e. The molecule has 6 nitrogen and oxygen atoms in total. The van der Waals surface area contributed by atoms with Crippen molar-refractivity contribution in [1.82, 2.24) is 5.32 Å². The second kappa shape index (κ2) is 6.49. The van der Waals surface area contributed by atoms with Gasteiger partial charge in [0.25, 0.3) is 0 Å². The van der Waals surface area contributed by atoms with Crippen molar-refractivity contribution < 1.29 is 23.8 Å². The van der Waals surface area contributed by atoms with Crippen LogP contribution in [0.3, 0.4) is 0 Å². The number of hydrogen-bond acceptors (Lipinski definition) is 5. The van der Waals surface area contributed by atoms with Crippen molar-refractivity contribution in [1.29, 1.82) is 0 Å². The Morgan fingerprint density at radius 3 is 3.00 bits per heavy atom. The van der Waals surface area contributed by atoms with Crippen LogP contribution in [-0.4, -0.2) is 36.7 Å². The number of methoxy groups -OCH3 is 1. The molecule has 0 aromatic carbocycles. The van der Waals surface area contributed by atoms with Gasteiger partial charge in [-0.05, 0) is 18.2 Å². The lowest BCUT2D eigenvalue weighted by atomic mass is 10.3. The highest BCUT2D eigenvalue weighted by atomic mass is 16.5. The molecule has 2 N–H and O–H groups in total. The molecule has 0 bridgehead atoms. The first-order chi connectivity index (χ1) is 8.13. The molecule has 1 aromatic rings. The Morgan fingerprint density at radius 2 is 2.41 bits per heavy atom. The van der Waals surface area contributed by atoms with Crippen molar-refractivity contribution in [2.24, 2.45) is 0 Å². The summed E-state index contributed by atoms with van der Waals surface area (Å²) < 4.78 is 9.26. The van der Waals surface area contributed by atoms with Gasteiger partial charge in [-0.3, -0.25) is 4.79 Å². The van der Waals surface area contributed by atoms with E-state index in [4.69, 9.17) is 4.42 Å². The zero-order valence-corrected chi connectivity index (χ0v) is 9.25. The monoisotopic (exact) mass is 239 g/mol. The van der Waals surface area contributed by atoms with E-state index in [9.17, 15) is 14.7 Å². The minimum atomic E-state index is -1.36. The predicted octanol–water partition coefficient (Wildman–Crippen LogP) is -0.0571. The summed E-state index contributed by atoms with van der Waals surface area (Å²) in [4.78, 5) is 22.1. The molecule has 1 amide bonds. The fourth-order valence-corrected chi connectivity index (χ4v) is 1.02. The first-order valence-electron chi connectivity index (χ1n) is 4.89. The van der Waals surface area contributed by atoms with Crippen LogP contribution in [0.15, 0.2) is 28.9 Å². The van der Waals surface area contributed by atoms with E-state index in [1.165, 1.54) is 18.4 Å². The smallest absolute Gasteiger partial charge is 0.336 e. The molecule has 6 heteroatoms. The van der Waals surface area contributed by atoms with E-state index in [0.717, 1.165) is 7.11 Å².